The van der Waals surface area contributed by atoms with Gasteiger partial charge in [0, 0.05) is 16.0 Å². The van der Waals surface area contributed by atoms with Crippen molar-refractivity contribution in [3.8, 4) is 10.6 Å². The molecule has 0 unspecified atom stereocenters. The molecular formula is C18H11ClN2O2S2. The quantitative estimate of drug-likeness (QED) is 0.439. The Bertz CT molecular complexity index is 1020. The summed E-state index contributed by atoms with van der Waals surface area (Å²) in [6.45, 7) is 0.141. The fourth-order valence-corrected chi connectivity index (χ4v) is 4.16. The molecule has 0 radical (unpaired) electrons. The van der Waals surface area contributed by atoms with Crippen molar-refractivity contribution in [2.75, 3.05) is 0 Å². The highest BCUT2D eigenvalue weighted by Crippen LogP contribution is 2.27. The molecule has 2 aromatic carbocycles. The Labute approximate surface area is 156 Å². The average molecular weight is 387 g/mol. The molecule has 2 aromatic heterocycles. The third-order valence-corrected chi connectivity index (χ3v) is 5.59. The molecule has 0 N–H and O–H groups in total. The van der Waals surface area contributed by atoms with Gasteiger partial charge in [-0.05, 0) is 24.3 Å². The van der Waals surface area contributed by atoms with Gasteiger partial charge in [0.15, 0.2) is 5.69 Å². The summed E-state index contributed by atoms with van der Waals surface area (Å²) >= 11 is 8.89. The number of carbonyl (C=O) groups is 1. The van der Waals surface area contributed by atoms with Crippen molar-refractivity contribution in [2.45, 2.75) is 6.61 Å². The predicted molar refractivity (Wildman–Crippen MR) is 101 cm³/mol. The van der Waals surface area contributed by atoms with E-state index in [-0.39, 0.29) is 6.61 Å². The first kappa shape index (κ1) is 16.2. The molecule has 4 rings (SSSR count). The number of benzene rings is 2. The molecule has 0 fully saturated rings. The number of hydrogen-bond acceptors (Lipinski definition) is 6. The molecule has 0 spiro atoms. The summed E-state index contributed by atoms with van der Waals surface area (Å²) in [5.74, 6) is -0.455. The van der Waals surface area contributed by atoms with Crippen LogP contribution in [0.5, 0.6) is 0 Å². The second-order valence-corrected chi connectivity index (χ2v) is 7.61. The van der Waals surface area contributed by atoms with Gasteiger partial charge in [-0.3, -0.25) is 0 Å². The number of nitrogens with zero attached hydrogens (tertiary/aromatic N) is 2. The molecule has 4 nitrogen and oxygen atoms in total. The van der Waals surface area contributed by atoms with Crippen molar-refractivity contribution < 1.29 is 9.53 Å². The molecule has 0 bridgehead atoms. The maximum atomic E-state index is 12.2. The van der Waals surface area contributed by atoms with Crippen LogP contribution in [0.4, 0.5) is 0 Å². The van der Waals surface area contributed by atoms with Crippen molar-refractivity contribution in [1.29, 1.82) is 0 Å². The molecule has 0 aliphatic carbocycles. The number of esters is 1. The summed E-state index contributed by atoms with van der Waals surface area (Å²) in [5, 5.41) is 3.82. The molecule has 0 aliphatic rings. The van der Waals surface area contributed by atoms with E-state index in [2.05, 4.69) is 9.97 Å². The minimum Gasteiger partial charge on any atom is -0.454 e. The van der Waals surface area contributed by atoms with Gasteiger partial charge in [0.05, 0.1) is 10.2 Å². The van der Waals surface area contributed by atoms with E-state index in [1.54, 1.807) is 11.4 Å². The SMILES string of the molecule is O=C(OCc1nc2ccccc2s1)c1csc(-c2cccc(Cl)c2)n1. The molecule has 0 atom stereocenters. The number of carbonyl (C=O) groups excluding carboxylic acids is 1. The zero-order valence-electron chi connectivity index (χ0n) is 12.8. The summed E-state index contributed by atoms with van der Waals surface area (Å²) in [4.78, 5) is 21.0. The van der Waals surface area contributed by atoms with E-state index < -0.39 is 5.97 Å². The first-order valence-electron chi connectivity index (χ1n) is 7.42. The third kappa shape index (κ3) is 3.56. The number of hydrogen-bond donors (Lipinski definition) is 0. The van der Waals surface area contributed by atoms with E-state index in [9.17, 15) is 4.79 Å². The number of ether oxygens (including phenoxy) is 1. The van der Waals surface area contributed by atoms with Gasteiger partial charge in [-0.25, -0.2) is 14.8 Å². The lowest BCUT2D eigenvalue weighted by Crippen LogP contribution is -2.05. The lowest BCUT2D eigenvalue weighted by atomic mass is 10.2. The van der Waals surface area contributed by atoms with Gasteiger partial charge in [0.2, 0.25) is 0 Å². The fourth-order valence-electron chi connectivity index (χ4n) is 2.30. The van der Waals surface area contributed by atoms with E-state index in [1.165, 1.54) is 22.7 Å². The van der Waals surface area contributed by atoms with E-state index in [0.29, 0.717) is 10.7 Å². The summed E-state index contributed by atoms with van der Waals surface area (Å²) in [6.07, 6.45) is 0. The second kappa shape index (κ2) is 6.92. The van der Waals surface area contributed by atoms with Gasteiger partial charge in [-0.2, -0.15) is 0 Å². The fraction of sp³-hybridized carbons (Fsp3) is 0.0556. The molecule has 0 saturated heterocycles. The summed E-state index contributed by atoms with van der Waals surface area (Å²) in [5.41, 5.74) is 2.08. The van der Waals surface area contributed by atoms with Crippen molar-refractivity contribution in [2.24, 2.45) is 0 Å². The Balaban J connectivity index is 1.46. The Hall–Kier alpha value is -2.28. The number of halogens is 1. The van der Waals surface area contributed by atoms with Crippen LogP contribution >= 0.6 is 34.3 Å². The first-order valence-corrected chi connectivity index (χ1v) is 9.49. The number of fused-ring (bicyclic) bond motifs is 1. The summed E-state index contributed by atoms with van der Waals surface area (Å²) in [7, 11) is 0. The van der Waals surface area contributed by atoms with Gasteiger partial charge >= 0.3 is 5.97 Å². The maximum absolute atomic E-state index is 12.2. The Morgan fingerprint density at radius 3 is 2.84 bits per heavy atom. The molecule has 2 heterocycles. The van der Waals surface area contributed by atoms with E-state index in [1.807, 2.05) is 42.5 Å². The van der Waals surface area contributed by atoms with Crippen LogP contribution in [-0.4, -0.2) is 15.9 Å². The van der Waals surface area contributed by atoms with Gasteiger partial charge in [0.25, 0.3) is 0 Å². The topological polar surface area (TPSA) is 52.1 Å². The predicted octanol–water partition coefficient (Wildman–Crippen LogP) is 5.43. The van der Waals surface area contributed by atoms with Crippen LogP contribution in [0.2, 0.25) is 5.02 Å². The molecule has 0 amide bonds. The van der Waals surface area contributed by atoms with Crippen molar-refractivity contribution in [1.82, 2.24) is 9.97 Å². The molecule has 7 heteroatoms. The average Bonchev–Trinajstić information content (AvgIpc) is 3.26. The van der Waals surface area contributed by atoms with Crippen molar-refractivity contribution in [3.05, 3.63) is 69.6 Å². The van der Waals surface area contributed by atoms with E-state index >= 15 is 0 Å². The molecule has 25 heavy (non-hydrogen) atoms. The Kier molecular flexibility index (Phi) is 4.48. The van der Waals surface area contributed by atoms with Crippen LogP contribution < -0.4 is 0 Å². The third-order valence-electron chi connectivity index (χ3n) is 3.45. The Morgan fingerprint density at radius 1 is 1.12 bits per heavy atom. The van der Waals surface area contributed by atoms with Gasteiger partial charge in [-0.15, -0.1) is 22.7 Å². The van der Waals surface area contributed by atoms with Crippen LogP contribution in [0.1, 0.15) is 15.5 Å². The maximum Gasteiger partial charge on any atom is 0.358 e. The van der Waals surface area contributed by atoms with Crippen molar-refractivity contribution in [3.63, 3.8) is 0 Å². The normalized spacial score (nSPS) is 10.9. The highest BCUT2D eigenvalue weighted by Gasteiger charge is 2.14. The number of thiazole rings is 2. The van der Waals surface area contributed by atoms with Crippen LogP contribution in [0.3, 0.4) is 0 Å². The van der Waals surface area contributed by atoms with Crippen LogP contribution in [-0.2, 0) is 11.3 Å². The van der Waals surface area contributed by atoms with Gasteiger partial charge < -0.3 is 4.74 Å². The van der Waals surface area contributed by atoms with Crippen LogP contribution in [0, 0.1) is 0 Å². The minimum absolute atomic E-state index is 0.141. The van der Waals surface area contributed by atoms with Crippen LogP contribution in [0.25, 0.3) is 20.8 Å². The number of aromatic nitrogens is 2. The molecule has 124 valence electrons. The highest BCUT2D eigenvalue weighted by molar-refractivity contribution is 7.18. The number of rotatable bonds is 4. The zero-order valence-corrected chi connectivity index (χ0v) is 15.2. The smallest absolute Gasteiger partial charge is 0.358 e. The van der Waals surface area contributed by atoms with Crippen molar-refractivity contribution >= 4 is 50.5 Å². The zero-order chi connectivity index (χ0) is 17.2. The highest BCUT2D eigenvalue weighted by atomic mass is 35.5. The monoisotopic (exact) mass is 386 g/mol. The van der Waals surface area contributed by atoms with Gasteiger partial charge in [0.1, 0.15) is 16.6 Å². The number of para-hydroxylation sites is 1. The van der Waals surface area contributed by atoms with E-state index in [0.717, 1.165) is 25.8 Å². The standard InChI is InChI=1S/C18H11ClN2O2S2/c19-12-5-3-4-11(8-12)17-21-14(10-24-17)18(22)23-9-16-20-13-6-1-2-7-15(13)25-16/h1-8,10H,9H2. The lowest BCUT2D eigenvalue weighted by molar-refractivity contribution is 0.0466. The Morgan fingerprint density at radius 2 is 2.00 bits per heavy atom. The first-order chi connectivity index (χ1) is 12.2. The molecule has 4 aromatic rings. The summed E-state index contributed by atoms with van der Waals surface area (Å²) < 4.78 is 6.42. The van der Waals surface area contributed by atoms with Gasteiger partial charge in [-0.1, -0.05) is 35.9 Å². The second-order valence-electron chi connectivity index (χ2n) is 5.20. The molecule has 0 saturated carbocycles. The largest absolute Gasteiger partial charge is 0.454 e. The minimum atomic E-state index is -0.455. The molecule has 0 aliphatic heterocycles. The lowest BCUT2D eigenvalue weighted by Gasteiger charge is -1.99. The van der Waals surface area contributed by atoms with E-state index in [4.69, 9.17) is 16.3 Å². The molecular weight excluding hydrogens is 376 g/mol. The summed E-state index contributed by atoms with van der Waals surface area (Å²) in [6, 6.07) is 15.2. The van der Waals surface area contributed by atoms with Crippen LogP contribution in [0.15, 0.2) is 53.9 Å².